The predicted octanol–water partition coefficient (Wildman–Crippen LogP) is 3.21. The third-order valence-corrected chi connectivity index (χ3v) is 9.06. The van der Waals surface area contributed by atoms with Gasteiger partial charge < -0.3 is 10.3 Å². The Bertz CT molecular complexity index is 1380. The van der Waals surface area contributed by atoms with Crippen LogP contribution in [0.2, 0.25) is 0 Å². The standard InChI is InChI=1S/C22H22N4O5S2/c1-14(15-6-4-3-5-7-15)22(2,21(27)28)24-33(30,31)20-11-9-17(13-32-20)16-8-10-18-19(12-16)26(29)25-23-18/h3-12,14,24,29H,13H2,1-2H3,(H,27,28)/t14?,22-/m0/s1. The highest BCUT2D eigenvalue weighted by atomic mass is 32.3. The van der Waals surface area contributed by atoms with Crippen molar-refractivity contribution in [1.82, 2.24) is 19.9 Å². The van der Waals surface area contributed by atoms with Gasteiger partial charge in [0.05, 0.1) is 0 Å². The first-order valence-corrected chi connectivity index (χ1v) is 12.5. The molecule has 1 unspecified atom stereocenters. The van der Waals surface area contributed by atoms with Gasteiger partial charge in [0.2, 0.25) is 10.0 Å². The smallest absolute Gasteiger partial charge is 0.325 e. The normalized spacial score (nSPS) is 17.2. The van der Waals surface area contributed by atoms with Crippen LogP contribution < -0.4 is 4.72 Å². The van der Waals surface area contributed by atoms with E-state index in [0.29, 0.717) is 27.2 Å². The van der Waals surface area contributed by atoms with Crippen LogP contribution in [0.4, 0.5) is 0 Å². The fraction of sp³-hybridized carbons (Fsp3) is 0.227. The summed E-state index contributed by atoms with van der Waals surface area (Å²) < 4.78 is 28.7. The number of carbonyl (C=O) groups is 1. The number of nitrogens with one attached hydrogen (secondary N) is 1. The van der Waals surface area contributed by atoms with E-state index in [9.17, 15) is 23.5 Å². The lowest BCUT2D eigenvalue weighted by molar-refractivity contribution is -0.144. The Morgan fingerprint density at radius 3 is 2.58 bits per heavy atom. The topological polar surface area (TPSA) is 134 Å². The molecule has 172 valence electrons. The zero-order chi connectivity index (χ0) is 23.8. The molecule has 0 amide bonds. The third kappa shape index (κ3) is 4.39. The highest BCUT2D eigenvalue weighted by molar-refractivity contribution is 8.18. The van der Waals surface area contributed by atoms with Crippen LogP contribution in [-0.2, 0) is 14.8 Å². The van der Waals surface area contributed by atoms with Crippen LogP contribution in [0, 0.1) is 0 Å². The van der Waals surface area contributed by atoms with Gasteiger partial charge in [-0.2, -0.15) is 4.72 Å². The first kappa shape index (κ1) is 23.0. The molecule has 3 N–H and O–H groups in total. The maximum Gasteiger partial charge on any atom is 0.325 e. The minimum atomic E-state index is -4.09. The Hall–Kier alpha value is -3.15. The van der Waals surface area contributed by atoms with Gasteiger partial charge in [0.25, 0.3) is 0 Å². The van der Waals surface area contributed by atoms with E-state index in [-0.39, 0.29) is 4.24 Å². The van der Waals surface area contributed by atoms with Crippen molar-refractivity contribution in [3.8, 4) is 0 Å². The quantitative estimate of drug-likeness (QED) is 0.434. The molecule has 3 aromatic rings. The van der Waals surface area contributed by atoms with Gasteiger partial charge >= 0.3 is 5.97 Å². The number of nitrogens with zero attached hydrogens (tertiary/aromatic N) is 3. The Morgan fingerprint density at radius 2 is 1.94 bits per heavy atom. The molecule has 2 heterocycles. The van der Waals surface area contributed by atoms with Crippen molar-refractivity contribution in [2.24, 2.45) is 0 Å². The number of thioether (sulfide) groups is 1. The minimum Gasteiger partial charge on any atom is -0.480 e. The molecule has 0 radical (unpaired) electrons. The second-order valence-electron chi connectivity index (χ2n) is 7.89. The van der Waals surface area contributed by atoms with Gasteiger partial charge in [0, 0.05) is 11.7 Å². The van der Waals surface area contributed by atoms with Crippen LogP contribution in [0.3, 0.4) is 0 Å². The van der Waals surface area contributed by atoms with E-state index >= 15 is 0 Å². The first-order valence-electron chi connectivity index (χ1n) is 10.0. The largest absolute Gasteiger partial charge is 0.480 e. The van der Waals surface area contributed by atoms with E-state index in [1.165, 1.54) is 13.0 Å². The summed E-state index contributed by atoms with van der Waals surface area (Å²) in [6, 6.07) is 14.2. The van der Waals surface area contributed by atoms with Gasteiger partial charge in [-0.3, -0.25) is 4.79 Å². The molecule has 11 heteroatoms. The van der Waals surface area contributed by atoms with Crippen molar-refractivity contribution in [2.75, 3.05) is 5.75 Å². The van der Waals surface area contributed by atoms with E-state index in [0.717, 1.165) is 22.9 Å². The number of benzene rings is 2. The lowest BCUT2D eigenvalue weighted by atomic mass is 9.83. The Labute approximate surface area is 194 Å². The summed E-state index contributed by atoms with van der Waals surface area (Å²) >= 11 is 1.09. The molecule has 2 aromatic carbocycles. The molecule has 2 atom stereocenters. The van der Waals surface area contributed by atoms with Gasteiger partial charge in [0.1, 0.15) is 20.8 Å². The highest BCUT2D eigenvalue weighted by Crippen LogP contribution is 2.36. The van der Waals surface area contributed by atoms with Gasteiger partial charge in [0.15, 0.2) is 0 Å². The monoisotopic (exact) mass is 486 g/mol. The van der Waals surface area contributed by atoms with E-state index in [1.54, 1.807) is 49.4 Å². The molecule has 0 saturated heterocycles. The number of sulfonamides is 1. The molecular formula is C22H22N4O5S2. The van der Waals surface area contributed by atoms with Crippen molar-refractivity contribution >= 4 is 44.4 Å². The molecule has 1 aliphatic heterocycles. The summed E-state index contributed by atoms with van der Waals surface area (Å²) in [4.78, 5) is 12.8. The minimum absolute atomic E-state index is 0.0360. The highest BCUT2D eigenvalue weighted by Gasteiger charge is 2.44. The van der Waals surface area contributed by atoms with Crippen LogP contribution in [0.25, 0.3) is 16.6 Å². The van der Waals surface area contributed by atoms with Gasteiger partial charge in [-0.25, -0.2) is 8.42 Å². The summed E-state index contributed by atoms with van der Waals surface area (Å²) in [7, 11) is -4.09. The molecule has 0 aliphatic carbocycles. The van der Waals surface area contributed by atoms with E-state index in [2.05, 4.69) is 15.0 Å². The van der Waals surface area contributed by atoms with Gasteiger partial charge in [-0.15, -0.1) is 16.9 Å². The van der Waals surface area contributed by atoms with Crippen LogP contribution in [0.15, 0.2) is 64.9 Å². The molecule has 4 rings (SSSR count). The lowest BCUT2D eigenvalue weighted by Crippen LogP contribution is -2.55. The molecule has 1 aliphatic rings. The zero-order valence-corrected chi connectivity index (χ0v) is 19.5. The summed E-state index contributed by atoms with van der Waals surface area (Å²) in [5.41, 5.74) is 1.58. The average molecular weight is 487 g/mol. The van der Waals surface area contributed by atoms with Crippen molar-refractivity contribution < 1.29 is 23.5 Å². The van der Waals surface area contributed by atoms with Crippen molar-refractivity contribution in [3.05, 3.63) is 76.0 Å². The average Bonchev–Trinajstić information content (AvgIpc) is 3.19. The van der Waals surface area contributed by atoms with E-state index in [4.69, 9.17) is 0 Å². The van der Waals surface area contributed by atoms with Crippen molar-refractivity contribution in [2.45, 2.75) is 25.3 Å². The lowest BCUT2D eigenvalue weighted by Gasteiger charge is -2.33. The predicted molar refractivity (Wildman–Crippen MR) is 126 cm³/mol. The Morgan fingerprint density at radius 1 is 1.21 bits per heavy atom. The van der Waals surface area contributed by atoms with Crippen LogP contribution >= 0.6 is 11.8 Å². The van der Waals surface area contributed by atoms with E-state index in [1.807, 2.05) is 12.1 Å². The SMILES string of the molecule is CC(c1ccccc1)[C@](C)(NS(=O)(=O)C1=CC=C(c2ccc3nnn(O)c3c2)CS1)C(=O)O. The molecule has 33 heavy (non-hydrogen) atoms. The van der Waals surface area contributed by atoms with Crippen molar-refractivity contribution in [1.29, 1.82) is 0 Å². The summed E-state index contributed by atoms with van der Waals surface area (Å²) in [5.74, 6) is -1.53. The third-order valence-electron chi connectivity index (χ3n) is 5.81. The summed E-state index contributed by atoms with van der Waals surface area (Å²) in [5, 5.41) is 27.0. The molecule has 0 fully saturated rings. The number of rotatable bonds is 7. The van der Waals surface area contributed by atoms with Crippen molar-refractivity contribution in [3.63, 3.8) is 0 Å². The number of carboxylic acid groups (broad SMARTS) is 1. The second kappa shape index (κ2) is 8.65. The molecule has 0 bridgehead atoms. The zero-order valence-electron chi connectivity index (χ0n) is 17.8. The number of aliphatic carboxylic acids is 1. The Kier molecular flexibility index (Phi) is 6.04. The van der Waals surface area contributed by atoms with Crippen LogP contribution in [0.5, 0.6) is 0 Å². The molecule has 0 spiro atoms. The first-order chi connectivity index (χ1) is 15.6. The Balaban J connectivity index is 1.61. The maximum absolute atomic E-state index is 13.1. The fourth-order valence-corrected chi connectivity index (χ4v) is 6.41. The number of hydrogen-bond acceptors (Lipinski definition) is 7. The number of carboxylic acids is 1. The number of allylic oxidation sites excluding steroid dienone is 2. The molecule has 0 saturated carbocycles. The summed E-state index contributed by atoms with van der Waals surface area (Å²) in [6.45, 7) is 3.06. The number of fused-ring (bicyclic) bond motifs is 1. The van der Waals surface area contributed by atoms with Gasteiger partial charge in [-0.05, 0) is 47.0 Å². The summed E-state index contributed by atoms with van der Waals surface area (Å²) in [6.07, 6.45) is 3.14. The number of hydrogen-bond donors (Lipinski definition) is 3. The van der Waals surface area contributed by atoms with E-state index < -0.39 is 27.4 Å². The number of aromatic nitrogens is 3. The molecular weight excluding hydrogens is 464 g/mol. The maximum atomic E-state index is 13.1. The van der Waals surface area contributed by atoms with Gasteiger partial charge in [-0.1, -0.05) is 54.2 Å². The second-order valence-corrected chi connectivity index (χ2v) is 10.8. The van der Waals surface area contributed by atoms with Crippen LogP contribution in [-0.4, -0.2) is 51.1 Å². The molecule has 9 nitrogen and oxygen atoms in total. The molecule has 1 aromatic heterocycles. The van der Waals surface area contributed by atoms with Crippen LogP contribution in [0.1, 0.15) is 30.9 Å². The fourth-order valence-electron chi connectivity index (χ4n) is 3.59.